The van der Waals surface area contributed by atoms with Crippen LogP contribution in [0.4, 0.5) is 5.69 Å². The number of rotatable bonds is 6. The normalized spacial score (nSPS) is 13.7. The highest BCUT2D eigenvalue weighted by Crippen LogP contribution is 2.34. The molecule has 3 aromatic rings. The first-order valence-electron chi connectivity index (χ1n) is 9.95. The molecule has 0 saturated carbocycles. The Bertz CT molecular complexity index is 1100. The third-order valence-corrected chi connectivity index (χ3v) is 5.35. The average molecular weight is 414 g/mol. The minimum Gasteiger partial charge on any atom is -0.497 e. The zero-order valence-corrected chi connectivity index (χ0v) is 17.3. The fraction of sp³-hybridized carbons (Fsp3) is 0.160. The van der Waals surface area contributed by atoms with E-state index in [9.17, 15) is 14.4 Å². The van der Waals surface area contributed by atoms with Crippen molar-refractivity contribution in [2.45, 2.75) is 19.4 Å². The molecule has 1 aliphatic heterocycles. The predicted octanol–water partition coefficient (Wildman–Crippen LogP) is 4.37. The van der Waals surface area contributed by atoms with Crippen molar-refractivity contribution in [1.82, 2.24) is 4.90 Å². The molecule has 0 spiro atoms. The Hall–Kier alpha value is -3.93. The van der Waals surface area contributed by atoms with Crippen molar-refractivity contribution in [2.75, 3.05) is 12.4 Å². The summed E-state index contributed by atoms with van der Waals surface area (Å²) in [5.41, 5.74) is 3.12. The number of nitrogens with zero attached hydrogens (tertiary/aromatic N) is 1. The van der Waals surface area contributed by atoms with Crippen LogP contribution in [0.1, 0.15) is 44.3 Å². The van der Waals surface area contributed by atoms with E-state index in [0.29, 0.717) is 28.1 Å². The number of carbonyl (C=O) groups is 3. The molecule has 1 aliphatic rings. The van der Waals surface area contributed by atoms with Crippen molar-refractivity contribution >= 4 is 23.4 Å². The molecule has 6 heteroatoms. The van der Waals surface area contributed by atoms with Gasteiger partial charge < -0.3 is 10.1 Å². The molecule has 0 aromatic heterocycles. The maximum absolute atomic E-state index is 13.1. The molecule has 31 heavy (non-hydrogen) atoms. The molecule has 0 saturated heterocycles. The molecule has 1 heterocycles. The second-order valence-corrected chi connectivity index (χ2v) is 7.43. The van der Waals surface area contributed by atoms with Crippen molar-refractivity contribution in [3.63, 3.8) is 0 Å². The first kappa shape index (κ1) is 20.3. The van der Waals surface area contributed by atoms with Gasteiger partial charge in [-0.1, -0.05) is 42.0 Å². The lowest BCUT2D eigenvalue weighted by Crippen LogP contribution is -2.36. The molecule has 4 rings (SSSR count). The van der Waals surface area contributed by atoms with Gasteiger partial charge in [-0.05, 0) is 48.9 Å². The standard InChI is InChI=1S/C25H22N2O4/c1-16-7-11-18(12-8-16)26-23(28)15-22(17-9-13-19(31-2)14-10-17)27-24(29)20-5-3-4-6-21(20)25(27)30/h3-14,22H,15H2,1-2H3,(H,26,28)/t22-/m1/s1. The van der Waals surface area contributed by atoms with Gasteiger partial charge in [0.15, 0.2) is 0 Å². The number of nitrogens with one attached hydrogen (secondary N) is 1. The van der Waals surface area contributed by atoms with Gasteiger partial charge in [0.05, 0.1) is 30.7 Å². The van der Waals surface area contributed by atoms with Crippen molar-refractivity contribution in [3.05, 3.63) is 95.1 Å². The van der Waals surface area contributed by atoms with E-state index in [4.69, 9.17) is 4.74 Å². The number of methoxy groups -OCH3 is 1. The summed E-state index contributed by atoms with van der Waals surface area (Å²) >= 11 is 0. The average Bonchev–Trinajstić information content (AvgIpc) is 3.04. The monoisotopic (exact) mass is 414 g/mol. The van der Waals surface area contributed by atoms with Gasteiger partial charge in [-0.15, -0.1) is 0 Å². The predicted molar refractivity (Wildman–Crippen MR) is 117 cm³/mol. The Balaban J connectivity index is 1.65. The highest BCUT2D eigenvalue weighted by atomic mass is 16.5. The number of hydrogen-bond donors (Lipinski definition) is 1. The van der Waals surface area contributed by atoms with Crippen LogP contribution in [0.2, 0.25) is 0 Å². The first-order valence-corrected chi connectivity index (χ1v) is 9.95. The number of amides is 3. The Morgan fingerprint density at radius 3 is 2.03 bits per heavy atom. The molecule has 0 unspecified atom stereocenters. The lowest BCUT2D eigenvalue weighted by Gasteiger charge is -2.26. The summed E-state index contributed by atoms with van der Waals surface area (Å²) in [6, 6.07) is 20.4. The Kier molecular flexibility index (Phi) is 5.54. The molecule has 0 bridgehead atoms. The van der Waals surface area contributed by atoms with Gasteiger partial charge in [0.1, 0.15) is 5.75 Å². The third-order valence-electron chi connectivity index (χ3n) is 5.35. The van der Waals surface area contributed by atoms with Gasteiger partial charge in [0.2, 0.25) is 5.91 Å². The van der Waals surface area contributed by atoms with Crippen LogP contribution in [0, 0.1) is 6.92 Å². The number of carbonyl (C=O) groups excluding carboxylic acids is 3. The lowest BCUT2D eigenvalue weighted by molar-refractivity contribution is -0.117. The maximum Gasteiger partial charge on any atom is 0.262 e. The van der Waals surface area contributed by atoms with Crippen molar-refractivity contribution in [3.8, 4) is 5.75 Å². The molecular weight excluding hydrogens is 392 g/mol. The number of fused-ring (bicyclic) bond motifs is 1. The van der Waals surface area contributed by atoms with Crippen molar-refractivity contribution in [2.24, 2.45) is 0 Å². The molecule has 0 radical (unpaired) electrons. The van der Waals surface area contributed by atoms with Crippen LogP contribution < -0.4 is 10.1 Å². The summed E-state index contributed by atoms with van der Waals surface area (Å²) in [5, 5.41) is 2.85. The van der Waals surface area contributed by atoms with E-state index < -0.39 is 17.9 Å². The summed E-state index contributed by atoms with van der Waals surface area (Å²) in [6.07, 6.45) is -0.0638. The van der Waals surface area contributed by atoms with E-state index in [1.54, 1.807) is 55.6 Å². The number of hydrogen-bond acceptors (Lipinski definition) is 4. The number of anilines is 1. The lowest BCUT2D eigenvalue weighted by atomic mass is 10.0. The van der Waals surface area contributed by atoms with Crippen molar-refractivity contribution < 1.29 is 19.1 Å². The van der Waals surface area contributed by atoms with Crippen molar-refractivity contribution in [1.29, 1.82) is 0 Å². The fourth-order valence-corrected chi connectivity index (χ4v) is 3.70. The molecule has 6 nitrogen and oxygen atoms in total. The van der Waals surface area contributed by atoms with E-state index in [1.807, 2.05) is 31.2 Å². The largest absolute Gasteiger partial charge is 0.497 e. The molecule has 156 valence electrons. The Morgan fingerprint density at radius 2 is 1.48 bits per heavy atom. The van der Waals surface area contributed by atoms with Gasteiger partial charge in [0, 0.05) is 5.69 Å². The zero-order chi connectivity index (χ0) is 22.0. The van der Waals surface area contributed by atoms with Gasteiger partial charge >= 0.3 is 0 Å². The zero-order valence-electron chi connectivity index (χ0n) is 17.3. The molecule has 3 amide bonds. The van der Waals surface area contributed by atoms with Crippen LogP contribution in [-0.4, -0.2) is 29.7 Å². The smallest absolute Gasteiger partial charge is 0.262 e. The van der Waals surface area contributed by atoms with Gasteiger partial charge in [-0.2, -0.15) is 0 Å². The highest BCUT2D eigenvalue weighted by molar-refractivity contribution is 6.21. The van der Waals surface area contributed by atoms with E-state index in [0.717, 1.165) is 5.56 Å². The van der Waals surface area contributed by atoms with Gasteiger partial charge in [-0.25, -0.2) is 0 Å². The molecule has 0 fully saturated rings. The molecule has 3 aromatic carbocycles. The summed E-state index contributed by atoms with van der Waals surface area (Å²) < 4.78 is 5.21. The third kappa shape index (κ3) is 4.05. The Morgan fingerprint density at radius 1 is 0.903 bits per heavy atom. The molecule has 0 aliphatic carbocycles. The van der Waals surface area contributed by atoms with E-state index >= 15 is 0 Å². The summed E-state index contributed by atoms with van der Waals surface area (Å²) in [5.74, 6) is -0.440. The van der Waals surface area contributed by atoms with Crippen LogP contribution in [0.25, 0.3) is 0 Å². The minimum absolute atomic E-state index is 0.0638. The van der Waals surface area contributed by atoms with Gasteiger partial charge in [-0.3, -0.25) is 19.3 Å². The summed E-state index contributed by atoms with van der Waals surface area (Å²) in [6.45, 7) is 1.97. The van der Waals surface area contributed by atoms with Crippen LogP contribution in [0.15, 0.2) is 72.8 Å². The van der Waals surface area contributed by atoms with E-state index in [1.165, 1.54) is 4.90 Å². The second-order valence-electron chi connectivity index (χ2n) is 7.43. The SMILES string of the molecule is COc1ccc([C@@H](CC(=O)Nc2ccc(C)cc2)N2C(=O)c3ccccc3C2=O)cc1. The number of aryl methyl sites for hydroxylation is 1. The van der Waals surface area contributed by atoms with E-state index in [-0.39, 0.29) is 12.3 Å². The van der Waals surface area contributed by atoms with Crippen LogP contribution in [0.5, 0.6) is 5.75 Å². The Labute approximate surface area is 180 Å². The van der Waals surface area contributed by atoms with Crippen LogP contribution in [0.3, 0.4) is 0 Å². The van der Waals surface area contributed by atoms with E-state index in [2.05, 4.69) is 5.32 Å². The van der Waals surface area contributed by atoms with Crippen LogP contribution in [-0.2, 0) is 4.79 Å². The molecule has 1 atom stereocenters. The molecule has 1 N–H and O–H groups in total. The highest BCUT2D eigenvalue weighted by Gasteiger charge is 2.41. The fourth-order valence-electron chi connectivity index (χ4n) is 3.70. The molecular formula is C25H22N2O4. The second kappa shape index (κ2) is 8.44. The quantitative estimate of drug-likeness (QED) is 0.608. The van der Waals surface area contributed by atoms with Gasteiger partial charge in [0.25, 0.3) is 11.8 Å². The van der Waals surface area contributed by atoms with Crippen LogP contribution >= 0.6 is 0 Å². The summed E-state index contributed by atoms with van der Waals surface area (Å²) in [7, 11) is 1.56. The minimum atomic E-state index is -0.747. The first-order chi connectivity index (χ1) is 15.0. The number of ether oxygens (including phenoxy) is 1. The number of benzene rings is 3. The number of imide groups is 1. The topological polar surface area (TPSA) is 75.7 Å². The maximum atomic E-state index is 13.1. The summed E-state index contributed by atoms with van der Waals surface area (Å²) in [4.78, 5) is 40.2.